The van der Waals surface area contributed by atoms with Gasteiger partial charge in [-0.15, -0.1) is 0 Å². The van der Waals surface area contributed by atoms with Crippen molar-refractivity contribution in [1.29, 1.82) is 0 Å². The van der Waals surface area contributed by atoms with Crippen LogP contribution in [0.2, 0.25) is 0 Å². The summed E-state index contributed by atoms with van der Waals surface area (Å²) in [5.74, 6) is 3.23. The van der Waals surface area contributed by atoms with E-state index in [1.165, 1.54) is 0 Å². The van der Waals surface area contributed by atoms with Crippen LogP contribution in [0.25, 0.3) is 0 Å². The minimum absolute atomic E-state index is 0.542. The van der Waals surface area contributed by atoms with E-state index in [2.05, 4.69) is 11.1 Å². The van der Waals surface area contributed by atoms with Crippen LogP contribution >= 0.6 is 0 Å². The number of ether oxygens (including phenoxy) is 1. The van der Waals surface area contributed by atoms with Crippen molar-refractivity contribution in [2.75, 3.05) is 13.7 Å². The molecular formula is C16H20N2O2. The number of nitrogens with zero attached hydrogens (tertiary/aromatic N) is 1. The van der Waals surface area contributed by atoms with Crippen LogP contribution in [0.1, 0.15) is 29.3 Å². The van der Waals surface area contributed by atoms with Gasteiger partial charge in [-0.25, -0.2) is 4.98 Å². The van der Waals surface area contributed by atoms with Crippen molar-refractivity contribution >= 4 is 0 Å². The second-order valence-corrected chi connectivity index (χ2v) is 5.35. The molecule has 3 rings (SSSR count). The van der Waals surface area contributed by atoms with Gasteiger partial charge in [-0.2, -0.15) is 0 Å². The zero-order chi connectivity index (χ0) is 13.9. The van der Waals surface area contributed by atoms with Crippen LogP contribution in [0.4, 0.5) is 0 Å². The topological polar surface area (TPSA) is 61.3 Å². The van der Waals surface area contributed by atoms with Crippen LogP contribution in [0.15, 0.2) is 28.7 Å². The summed E-state index contributed by atoms with van der Waals surface area (Å²) in [7, 11) is 1.68. The first-order valence-electron chi connectivity index (χ1n) is 7.09. The van der Waals surface area contributed by atoms with Crippen LogP contribution in [-0.2, 0) is 19.3 Å². The summed E-state index contributed by atoms with van der Waals surface area (Å²) in [5.41, 5.74) is 8.02. The van der Waals surface area contributed by atoms with Crippen molar-refractivity contribution in [3.63, 3.8) is 0 Å². The van der Waals surface area contributed by atoms with Crippen LogP contribution in [0.5, 0.6) is 5.75 Å². The fourth-order valence-electron chi connectivity index (χ4n) is 2.73. The first-order chi connectivity index (χ1) is 9.78. The molecule has 0 bridgehead atoms. The van der Waals surface area contributed by atoms with Gasteiger partial charge in [-0.3, -0.25) is 0 Å². The number of rotatable bonds is 4. The number of oxazole rings is 1. The quantitative estimate of drug-likeness (QED) is 0.928. The normalized spacial score (nSPS) is 17.8. The van der Waals surface area contributed by atoms with Gasteiger partial charge in [0.25, 0.3) is 0 Å². The van der Waals surface area contributed by atoms with Crippen LogP contribution in [-0.4, -0.2) is 18.6 Å². The molecule has 20 heavy (non-hydrogen) atoms. The van der Waals surface area contributed by atoms with Gasteiger partial charge in [0.05, 0.1) is 12.8 Å². The molecule has 1 atom stereocenters. The van der Waals surface area contributed by atoms with Gasteiger partial charge in [-0.05, 0) is 43.0 Å². The number of fused-ring (bicyclic) bond motifs is 1. The maximum atomic E-state index is 5.91. The number of aryl methyl sites for hydroxylation is 1. The number of hydrogen-bond donors (Lipinski definition) is 1. The summed E-state index contributed by atoms with van der Waals surface area (Å²) < 4.78 is 11.1. The van der Waals surface area contributed by atoms with E-state index in [4.69, 9.17) is 14.9 Å². The number of benzene rings is 1. The molecule has 1 aliphatic rings. The van der Waals surface area contributed by atoms with Crippen molar-refractivity contribution in [2.24, 2.45) is 11.7 Å². The predicted molar refractivity (Wildman–Crippen MR) is 76.9 cm³/mol. The van der Waals surface area contributed by atoms with Gasteiger partial charge >= 0.3 is 0 Å². The number of hydrogen-bond acceptors (Lipinski definition) is 4. The lowest BCUT2D eigenvalue weighted by Crippen LogP contribution is -2.21. The Labute approximate surface area is 119 Å². The minimum atomic E-state index is 0.542. The minimum Gasteiger partial charge on any atom is -0.497 e. The lowest BCUT2D eigenvalue weighted by molar-refractivity contribution is 0.385. The summed E-state index contributed by atoms with van der Waals surface area (Å²) in [6.45, 7) is 0.728. The fourth-order valence-corrected chi connectivity index (χ4v) is 2.73. The van der Waals surface area contributed by atoms with E-state index in [1.54, 1.807) is 7.11 Å². The first-order valence-corrected chi connectivity index (χ1v) is 7.09. The molecule has 1 heterocycles. The predicted octanol–water partition coefficient (Wildman–Crippen LogP) is 2.34. The molecule has 2 aromatic rings. The first kappa shape index (κ1) is 13.2. The van der Waals surface area contributed by atoms with E-state index >= 15 is 0 Å². The highest BCUT2D eigenvalue weighted by Gasteiger charge is 2.23. The number of nitrogens with two attached hydrogens (primary N) is 1. The SMILES string of the molecule is COc1cccc(Cc2nc3c(o2)CC(CN)CC3)c1. The molecule has 1 aliphatic carbocycles. The zero-order valence-corrected chi connectivity index (χ0v) is 11.8. The Morgan fingerprint density at radius 3 is 3.15 bits per heavy atom. The maximum Gasteiger partial charge on any atom is 0.199 e. The molecule has 0 fully saturated rings. The Balaban J connectivity index is 1.77. The summed E-state index contributed by atoms with van der Waals surface area (Å²) in [4.78, 5) is 4.62. The highest BCUT2D eigenvalue weighted by Crippen LogP contribution is 2.26. The largest absolute Gasteiger partial charge is 0.497 e. The molecule has 0 radical (unpaired) electrons. The summed E-state index contributed by atoms with van der Waals surface area (Å²) in [6, 6.07) is 8.01. The maximum absolute atomic E-state index is 5.91. The highest BCUT2D eigenvalue weighted by atomic mass is 16.5. The van der Waals surface area contributed by atoms with E-state index in [9.17, 15) is 0 Å². The van der Waals surface area contributed by atoms with Crippen molar-refractivity contribution in [3.8, 4) is 5.75 Å². The Bertz CT molecular complexity index is 592. The van der Waals surface area contributed by atoms with E-state index < -0.39 is 0 Å². The average molecular weight is 272 g/mol. The summed E-state index contributed by atoms with van der Waals surface area (Å²) >= 11 is 0. The average Bonchev–Trinajstić information content (AvgIpc) is 2.88. The molecule has 2 N–H and O–H groups in total. The molecule has 0 aliphatic heterocycles. The van der Waals surface area contributed by atoms with E-state index in [0.29, 0.717) is 12.3 Å². The highest BCUT2D eigenvalue weighted by molar-refractivity contribution is 5.30. The van der Waals surface area contributed by atoms with Crippen LogP contribution in [0.3, 0.4) is 0 Å². The van der Waals surface area contributed by atoms with Crippen molar-refractivity contribution in [3.05, 3.63) is 47.2 Å². The third-order valence-electron chi connectivity index (χ3n) is 3.91. The standard InChI is InChI=1S/C16H20N2O2/c1-19-13-4-2-3-11(7-13)9-16-18-14-6-5-12(10-17)8-15(14)20-16/h2-4,7,12H,5-6,8-10,17H2,1H3. The molecule has 4 nitrogen and oxygen atoms in total. The van der Waals surface area contributed by atoms with E-state index in [0.717, 1.165) is 54.5 Å². The van der Waals surface area contributed by atoms with Crippen molar-refractivity contribution < 1.29 is 9.15 Å². The molecule has 4 heteroatoms. The molecular weight excluding hydrogens is 252 g/mol. The fraction of sp³-hybridized carbons (Fsp3) is 0.438. The third kappa shape index (κ3) is 2.70. The van der Waals surface area contributed by atoms with E-state index in [1.807, 2.05) is 18.2 Å². The van der Waals surface area contributed by atoms with Crippen LogP contribution in [0, 0.1) is 5.92 Å². The van der Waals surface area contributed by atoms with Gasteiger partial charge in [0.15, 0.2) is 5.89 Å². The Hall–Kier alpha value is -1.81. The van der Waals surface area contributed by atoms with Gasteiger partial charge in [-0.1, -0.05) is 12.1 Å². The lowest BCUT2D eigenvalue weighted by atomic mass is 9.91. The molecule has 1 aromatic carbocycles. The molecule has 1 aromatic heterocycles. The second kappa shape index (κ2) is 5.67. The van der Waals surface area contributed by atoms with Gasteiger partial charge in [0.1, 0.15) is 11.5 Å². The molecule has 0 saturated heterocycles. The molecule has 0 amide bonds. The Morgan fingerprint density at radius 2 is 2.35 bits per heavy atom. The van der Waals surface area contributed by atoms with Gasteiger partial charge < -0.3 is 14.9 Å². The Morgan fingerprint density at radius 1 is 1.45 bits per heavy atom. The van der Waals surface area contributed by atoms with E-state index in [-0.39, 0.29) is 0 Å². The van der Waals surface area contributed by atoms with Crippen molar-refractivity contribution in [1.82, 2.24) is 4.98 Å². The van der Waals surface area contributed by atoms with Crippen molar-refractivity contribution in [2.45, 2.75) is 25.7 Å². The lowest BCUT2D eigenvalue weighted by Gasteiger charge is -2.17. The second-order valence-electron chi connectivity index (χ2n) is 5.35. The third-order valence-corrected chi connectivity index (χ3v) is 3.91. The molecule has 1 unspecified atom stereocenters. The Kier molecular flexibility index (Phi) is 3.74. The number of aromatic nitrogens is 1. The molecule has 106 valence electrons. The molecule has 0 spiro atoms. The van der Waals surface area contributed by atoms with Crippen LogP contribution < -0.4 is 10.5 Å². The summed E-state index contributed by atoms with van der Waals surface area (Å²) in [5, 5.41) is 0. The molecule has 0 saturated carbocycles. The summed E-state index contributed by atoms with van der Waals surface area (Å²) in [6.07, 6.45) is 3.74. The monoisotopic (exact) mass is 272 g/mol. The zero-order valence-electron chi connectivity index (χ0n) is 11.8. The van der Waals surface area contributed by atoms with Gasteiger partial charge in [0, 0.05) is 12.8 Å². The van der Waals surface area contributed by atoms with Gasteiger partial charge in [0.2, 0.25) is 0 Å². The number of methoxy groups -OCH3 is 1. The smallest absolute Gasteiger partial charge is 0.199 e.